The van der Waals surface area contributed by atoms with Crippen molar-refractivity contribution >= 4 is 17.3 Å². The third-order valence-corrected chi connectivity index (χ3v) is 4.28. The Hall–Kier alpha value is -0.940. The Morgan fingerprint density at radius 1 is 1.56 bits per heavy atom. The summed E-state index contributed by atoms with van der Waals surface area (Å²) >= 11 is 1.30. The quantitative estimate of drug-likeness (QED) is 0.827. The van der Waals surface area contributed by atoms with Crippen molar-refractivity contribution in [1.29, 1.82) is 0 Å². The summed E-state index contributed by atoms with van der Waals surface area (Å²) in [5.74, 6) is -0.591. The zero-order chi connectivity index (χ0) is 13.7. The van der Waals surface area contributed by atoms with E-state index in [-0.39, 0.29) is 5.92 Å². The van der Waals surface area contributed by atoms with Crippen LogP contribution in [0.3, 0.4) is 0 Å². The number of carbonyl (C=O) groups is 1. The van der Waals surface area contributed by atoms with Crippen LogP contribution >= 0.6 is 11.3 Å². The van der Waals surface area contributed by atoms with Crippen molar-refractivity contribution in [2.75, 3.05) is 20.1 Å². The van der Waals surface area contributed by atoms with E-state index < -0.39 is 5.97 Å². The first-order valence-electron chi connectivity index (χ1n) is 6.34. The van der Waals surface area contributed by atoms with Gasteiger partial charge in [-0.05, 0) is 26.9 Å². The summed E-state index contributed by atoms with van der Waals surface area (Å²) in [6.07, 6.45) is 2.39. The van der Waals surface area contributed by atoms with Crippen molar-refractivity contribution in [2.45, 2.75) is 39.5 Å². The second-order valence-corrected chi connectivity index (χ2v) is 5.82. The molecule has 0 spiro atoms. The molecule has 1 heterocycles. The molecule has 0 aliphatic carbocycles. The van der Waals surface area contributed by atoms with Crippen LogP contribution in [0.1, 0.15) is 53.0 Å². The Morgan fingerprint density at radius 3 is 2.72 bits per heavy atom. The Labute approximate surface area is 113 Å². The van der Waals surface area contributed by atoms with Gasteiger partial charge in [0, 0.05) is 12.5 Å². The van der Waals surface area contributed by atoms with E-state index in [1.54, 1.807) is 6.92 Å². The molecule has 18 heavy (non-hydrogen) atoms. The summed E-state index contributed by atoms with van der Waals surface area (Å²) in [5.41, 5.74) is 0.630. The van der Waals surface area contributed by atoms with Gasteiger partial charge in [-0.2, -0.15) is 0 Å². The lowest BCUT2D eigenvalue weighted by Crippen LogP contribution is -2.24. The molecule has 0 aromatic carbocycles. The van der Waals surface area contributed by atoms with Crippen LogP contribution in [-0.4, -0.2) is 41.1 Å². The summed E-state index contributed by atoms with van der Waals surface area (Å²) in [7, 11) is 2.10. The second kappa shape index (κ2) is 6.85. The summed E-state index contributed by atoms with van der Waals surface area (Å²) in [4.78, 5) is 18.0. The first kappa shape index (κ1) is 15.1. The third kappa shape index (κ3) is 4.07. The number of aryl methyl sites for hydroxylation is 1. The molecular weight excluding hydrogens is 248 g/mol. The van der Waals surface area contributed by atoms with Crippen LogP contribution in [0.25, 0.3) is 0 Å². The van der Waals surface area contributed by atoms with Crippen LogP contribution in [0, 0.1) is 6.92 Å². The van der Waals surface area contributed by atoms with Gasteiger partial charge in [-0.3, -0.25) is 0 Å². The average molecular weight is 270 g/mol. The standard InChI is InChI=1S/C13H22N2O2S/c1-5-6-7-15(4)8-9(2)12-14-10(3)11(18-12)13(16)17/h9H,5-8H2,1-4H3,(H,16,17). The Kier molecular flexibility index (Phi) is 5.75. The molecule has 0 radical (unpaired) electrons. The van der Waals surface area contributed by atoms with Gasteiger partial charge < -0.3 is 10.0 Å². The van der Waals surface area contributed by atoms with E-state index in [4.69, 9.17) is 5.11 Å². The molecule has 5 heteroatoms. The minimum absolute atomic E-state index is 0.281. The Bertz CT molecular complexity index is 404. The van der Waals surface area contributed by atoms with Crippen molar-refractivity contribution < 1.29 is 9.90 Å². The largest absolute Gasteiger partial charge is 0.477 e. The highest BCUT2D eigenvalue weighted by atomic mass is 32.1. The third-order valence-electron chi connectivity index (χ3n) is 2.91. The molecule has 102 valence electrons. The van der Waals surface area contributed by atoms with Crippen molar-refractivity contribution in [2.24, 2.45) is 0 Å². The van der Waals surface area contributed by atoms with Crippen LogP contribution in [0.5, 0.6) is 0 Å². The summed E-state index contributed by atoms with van der Waals surface area (Å²) in [6.45, 7) is 8.05. The molecule has 1 rings (SSSR count). The molecule has 4 nitrogen and oxygen atoms in total. The predicted octanol–water partition coefficient (Wildman–Crippen LogP) is 2.99. The number of rotatable bonds is 7. The van der Waals surface area contributed by atoms with Crippen LogP contribution < -0.4 is 0 Å². The number of hydrogen-bond donors (Lipinski definition) is 1. The van der Waals surface area contributed by atoms with E-state index in [0.29, 0.717) is 10.6 Å². The molecule has 1 aromatic heterocycles. The SMILES string of the molecule is CCCCN(C)CC(C)c1nc(C)c(C(=O)O)s1. The zero-order valence-corrected chi connectivity index (χ0v) is 12.4. The normalized spacial score (nSPS) is 12.9. The molecule has 0 fully saturated rings. The smallest absolute Gasteiger partial charge is 0.347 e. The number of aromatic nitrogens is 1. The first-order chi connectivity index (χ1) is 8.45. The van der Waals surface area contributed by atoms with Gasteiger partial charge in [0.05, 0.1) is 10.7 Å². The number of hydrogen-bond acceptors (Lipinski definition) is 4. The Balaban J connectivity index is 2.64. The van der Waals surface area contributed by atoms with E-state index in [1.807, 2.05) is 0 Å². The van der Waals surface area contributed by atoms with Gasteiger partial charge in [0.2, 0.25) is 0 Å². The monoisotopic (exact) mass is 270 g/mol. The number of carboxylic acids is 1. The Morgan fingerprint density at radius 2 is 2.22 bits per heavy atom. The average Bonchev–Trinajstić information content (AvgIpc) is 2.68. The van der Waals surface area contributed by atoms with Crippen molar-refractivity contribution in [1.82, 2.24) is 9.88 Å². The van der Waals surface area contributed by atoms with Crippen LogP contribution in [0.2, 0.25) is 0 Å². The van der Waals surface area contributed by atoms with Gasteiger partial charge in [-0.15, -0.1) is 11.3 Å². The van der Waals surface area contributed by atoms with Crippen LogP contribution in [0.4, 0.5) is 0 Å². The van der Waals surface area contributed by atoms with E-state index in [2.05, 4.69) is 30.8 Å². The second-order valence-electron chi connectivity index (χ2n) is 4.79. The molecule has 1 aromatic rings. The highest BCUT2D eigenvalue weighted by Crippen LogP contribution is 2.25. The van der Waals surface area contributed by atoms with E-state index in [9.17, 15) is 4.79 Å². The van der Waals surface area contributed by atoms with E-state index in [0.717, 1.165) is 18.1 Å². The van der Waals surface area contributed by atoms with Gasteiger partial charge in [-0.25, -0.2) is 9.78 Å². The minimum atomic E-state index is -0.872. The molecule has 1 N–H and O–H groups in total. The number of thiazole rings is 1. The molecule has 0 bridgehead atoms. The van der Waals surface area contributed by atoms with Crippen molar-refractivity contribution in [3.63, 3.8) is 0 Å². The highest BCUT2D eigenvalue weighted by molar-refractivity contribution is 7.13. The van der Waals surface area contributed by atoms with Gasteiger partial charge >= 0.3 is 5.97 Å². The predicted molar refractivity (Wildman–Crippen MR) is 74.6 cm³/mol. The fourth-order valence-electron chi connectivity index (χ4n) is 1.89. The molecule has 0 amide bonds. The fourth-order valence-corrected chi connectivity index (χ4v) is 2.84. The molecule has 0 aliphatic rings. The maximum atomic E-state index is 11.0. The number of aromatic carboxylic acids is 1. The minimum Gasteiger partial charge on any atom is -0.477 e. The molecule has 1 unspecified atom stereocenters. The number of nitrogens with zero attached hydrogens (tertiary/aromatic N) is 2. The number of carboxylic acid groups (broad SMARTS) is 1. The fraction of sp³-hybridized carbons (Fsp3) is 0.692. The topological polar surface area (TPSA) is 53.4 Å². The van der Waals surface area contributed by atoms with Crippen LogP contribution in [-0.2, 0) is 0 Å². The van der Waals surface area contributed by atoms with Crippen molar-refractivity contribution in [3.05, 3.63) is 15.6 Å². The van der Waals surface area contributed by atoms with Crippen LogP contribution in [0.15, 0.2) is 0 Å². The summed E-state index contributed by atoms with van der Waals surface area (Å²) in [5, 5.41) is 9.94. The lowest BCUT2D eigenvalue weighted by atomic mass is 10.2. The van der Waals surface area contributed by atoms with E-state index in [1.165, 1.54) is 24.2 Å². The molecule has 0 saturated carbocycles. The summed E-state index contributed by atoms with van der Waals surface area (Å²) < 4.78 is 0. The highest BCUT2D eigenvalue weighted by Gasteiger charge is 2.18. The van der Waals surface area contributed by atoms with Gasteiger partial charge in [-0.1, -0.05) is 20.3 Å². The molecule has 1 atom stereocenters. The molecule has 0 saturated heterocycles. The maximum absolute atomic E-state index is 11.0. The zero-order valence-electron chi connectivity index (χ0n) is 11.6. The van der Waals surface area contributed by atoms with Crippen molar-refractivity contribution in [3.8, 4) is 0 Å². The van der Waals surface area contributed by atoms with Gasteiger partial charge in [0.1, 0.15) is 4.88 Å². The maximum Gasteiger partial charge on any atom is 0.347 e. The van der Waals surface area contributed by atoms with E-state index >= 15 is 0 Å². The molecule has 0 aliphatic heterocycles. The number of likely N-dealkylation sites (N-methyl/N-ethyl adjacent to an activating group) is 1. The first-order valence-corrected chi connectivity index (χ1v) is 7.16. The van der Waals surface area contributed by atoms with Gasteiger partial charge in [0.15, 0.2) is 0 Å². The number of unbranched alkanes of at least 4 members (excludes halogenated alkanes) is 1. The lowest BCUT2D eigenvalue weighted by Gasteiger charge is -2.19. The van der Waals surface area contributed by atoms with Gasteiger partial charge in [0.25, 0.3) is 0 Å². The summed E-state index contributed by atoms with van der Waals surface area (Å²) in [6, 6.07) is 0. The molecular formula is C13H22N2O2S. The lowest BCUT2D eigenvalue weighted by molar-refractivity contribution is 0.0701.